The van der Waals surface area contributed by atoms with Crippen LogP contribution in [0.4, 0.5) is 5.69 Å². The summed E-state index contributed by atoms with van der Waals surface area (Å²) in [5.41, 5.74) is 3.69. The molecule has 2 aliphatic rings. The second kappa shape index (κ2) is 6.02. The molecule has 1 atom stereocenters. The van der Waals surface area contributed by atoms with Gasteiger partial charge in [0.15, 0.2) is 0 Å². The van der Waals surface area contributed by atoms with Gasteiger partial charge in [0.05, 0.1) is 5.69 Å². The summed E-state index contributed by atoms with van der Waals surface area (Å²) in [7, 11) is 0. The third kappa shape index (κ3) is 2.92. The minimum atomic E-state index is -0.0469. The number of nitrogens with zero attached hydrogens (tertiary/aromatic N) is 3. The first-order valence-corrected chi connectivity index (χ1v) is 8.76. The molecule has 25 heavy (non-hydrogen) atoms. The number of fused-ring (bicyclic) bond motifs is 2. The molecule has 0 saturated carbocycles. The Morgan fingerprint density at radius 3 is 2.92 bits per heavy atom. The van der Waals surface area contributed by atoms with E-state index in [1.807, 2.05) is 31.3 Å². The zero-order chi connectivity index (χ0) is 17.6. The van der Waals surface area contributed by atoms with E-state index in [9.17, 15) is 9.59 Å². The van der Waals surface area contributed by atoms with Gasteiger partial charge < -0.3 is 14.8 Å². The Labute approximate surface area is 146 Å². The molecule has 1 aromatic carbocycles. The molecule has 0 radical (unpaired) electrons. The molecule has 3 heterocycles. The molecular weight excluding hydrogens is 316 g/mol. The maximum Gasteiger partial charge on any atom is 0.251 e. The van der Waals surface area contributed by atoms with Crippen molar-refractivity contribution < 1.29 is 9.59 Å². The summed E-state index contributed by atoms with van der Waals surface area (Å²) in [5.74, 6) is 1.10. The molecule has 2 aromatic rings. The van der Waals surface area contributed by atoms with E-state index < -0.39 is 0 Å². The Morgan fingerprint density at radius 2 is 2.12 bits per heavy atom. The van der Waals surface area contributed by atoms with E-state index in [1.54, 1.807) is 11.8 Å². The van der Waals surface area contributed by atoms with Gasteiger partial charge in [0, 0.05) is 49.9 Å². The topological polar surface area (TPSA) is 67.2 Å². The van der Waals surface area contributed by atoms with Crippen LogP contribution in [0.25, 0.3) is 0 Å². The Kier molecular flexibility index (Phi) is 3.82. The summed E-state index contributed by atoms with van der Waals surface area (Å²) >= 11 is 0. The Morgan fingerprint density at radius 1 is 1.28 bits per heavy atom. The fourth-order valence-electron chi connectivity index (χ4n) is 3.84. The fourth-order valence-corrected chi connectivity index (χ4v) is 3.84. The Bertz CT molecular complexity index is 855. The van der Waals surface area contributed by atoms with Gasteiger partial charge in [-0.15, -0.1) is 0 Å². The van der Waals surface area contributed by atoms with Crippen molar-refractivity contribution in [3.63, 3.8) is 0 Å². The monoisotopic (exact) mass is 338 g/mol. The molecule has 0 saturated heterocycles. The van der Waals surface area contributed by atoms with Crippen LogP contribution in [0.2, 0.25) is 0 Å². The molecule has 6 nitrogen and oxygen atoms in total. The van der Waals surface area contributed by atoms with Gasteiger partial charge in [-0.05, 0) is 43.5 Å². The van der Waals surface area contributed by atoms with Crippen LogP contribution in [0.5, 0.6) is 0 Å². The molecular formula is C19H22N4O2. The SMILES string of the molecule is CC(=O)N1CCc2cc(C(=O)N[C@H]3CCc4nc(C)cn4C3)ccc21. The quantitative estimate of drug-likeness (QED) is 0.909. The summed E-state index contributed by atoms with van der Waals surface area (Å²) < 4.78 is 2.14. The highest BCUT2D eigenvalue weighted by Gasteiger charge is 2.25. The lowest BCUT2D eigenvalue weighted by atomic mass is 10.0. The smallest absolute Gasteiger partial charge is 0.251 e. The van der Waals surface area contributed by atoms with Crippen molar-refractivity contribution in [1.82, 2.24) is 14.9 Å². The van der Waals surface area contributed by atoms with Crippen LogP contribution in [0.15, 0.2) is 24.4 Å². The van der Waals surface area contributed by atoms with Crippen LogP contribution in [-0.2, 0) is 24.2 Å². The van der Waals surface area contributed by atoms with Gasteiger partial charge in [0.2, 0.25) is 5.91 Å². The summed E-state index contributed by atoms with van der Waals surface area (Å²) in [6, 6.07) is 5.74. The summed E-state index contributed by atoms with van der Waals surface area (Å²) in [6.07, 6.45) is 4.64. The molecule has 1 N–H and O–H groups in total. The highest BCUT2D eigenvalue weighted by Crippen LogP contribution is 2.29. The van der Waals surface area contributed by atoms with Gasteiger partial charge in [-0.1, -0.05) is 0 Å². The molecule has 4 rings (SSSR count). The second-order valence-corrected chi connectivity index (χ2v) is 6.92. The maximum atomic E-state index is 12.6. The van der Waals surface area contributed by atoms with Crippen LogP contribution in [-0.4, -0.2) is 34.0 Å². The Balaban J connectivity index is 1.46. The first kappa shape index (κ1) is 15.9. The van der Waals surface area contributed by atoms with Crippen molar-refractivity contribution in [1.29, 1.82) is 0 Å². The van der Waals surface area contributed by atoms with Gasteiger partial charge in [-0.3, -0.25) is 9.59 Å². The van der Waals surface area contributed by atoms with E-state index in [4.69, 9.17) is 0 Å². The van der Waals surface area contributed by atoms with Crippen molar-refractivity contribution in [2.75, 3.05) is 11.4 Å². The van der Waals surface area contributed by atoms with Crippen molar-refractivity contribution in [3.8, 4) is 0 Å². The number of carbonyl (C=O) groups excluding carboxylic acids is 2. The highest BCUT2D eigenvalue weighted by atomic mass is 16.2. The Hall–Kier alpha value is -2.63. The first-order chi connectivity index (χ1) is 12.0. The van der Waals surface area contributed by atoms with E-state index >= 15 is 0 Å². The zero-order valence-electron chi connectivity index (χ0n) is 14.6. The number of aromatic nitrogens is 2. The predicted molar refractivity (Wildman–Crippen MR) is 94.7 cm³/mol. The third-order valence-corrected chi connectivity index (χ3v) is 5.07. The number of nitrogens with one attached hydrogen (secondary N) is 1. The number of aryl methyl sites for hydroxylation is 2. The molecule has 130 valence electrons. The molecule has 2 amide bonds. The van der Waals surface area contributed by atoms with E-state index in [1.165, 1.54) is 0 Å². The molecule has 1 aromatic heterocycles. The van der Waals surface area contributed by atoms with Gasteiger partial charge in [0.25, 0.3) is 5.91 Å². The third-order valence-electron chi connectivity index (χ3n) is 5.07. The summed E-state index contributed by atoms with van der Waals surface area (Å²) in [4.78, 5) is 30.5. The average Bonchev–Trinajstić information content (AvgIpc) is 3.15. The van der Waals surface area contributed by atoms with Gasteiger partial charge in [-0.25, -0.2) is 4.98 Å². The maximum absolute atomic E-state index is 12.6. The van der Waals surface area contributed by atoms with E-state index in [0.717, 1.165) is 48.6 Å². The number of carbonyl (C=O) groups is 2. The van der Waals surface area contributed by atoms with Crippen LogP contribution < -0.4 is 10.2 Å². The number of hydrogen-bond donors (Lipinski definition) is 1. The number of hydrogen-bond acceptors (Lipinski definition) is 3. The number of rotatable bonds is 2. The molecule has 0 fully saturated rings. The molecule has 0 spiro atoms. The molecule has 0 aliphatic carbocycles. The lowest BCUT2D eigenvalue weighted by Crippen LogP contribution is -2.40. The van der Waals surface area contributed by atoms with Crippen molar-refractivity contribution in [3.05, 3.63) is 47.0 Å². The van der Waals surface area contributed by atoms with Gasteiger partial charge in [0.1, 0.15) is 5.82 Å². The van der Waals surface area contributed by atoms with Gasteiger partial charge >= 0.3 is 0 Å². The molecule has 6 heteroatoms. The largest absolute Gasteiger partial charge is 0.347 e. The van der Waals surface area contributed by atoms with Crippen molar-refractivity contribution in [2.45, 2.75) is 45.7 Å². The second-order valence-electron chi connectivity index (χ2n) is 6.92. The predicted octanol–water partition coefficient (Wildman–Crippen LogP) is 1.85. The van der Waals surface area contributed by atoms with E-state index in [2.05, 4.69) is 14.9 Å². The van der Waals surface area contributed by atoms with Crippen LogP contribution in [0.1, 0.15) is 40.8 Å². The van der Waals surface area contributed by atoms with Crippen LogP contribution in [0.3, 0.4) is 0 Å². The van der Waals surface area contributed by atoms with E-state index in [0.29, 0.717) is 12.1 Å². The average molecular weight is 338 g/mol. The highest BCUT2D eigenvalue weighted by molar-refractivity contribution is 5.98. The van der Waals surface area contributed by atoms with E-state index in [-0.39, 0.29) is 17.9 Å². The summed E-state index contributed by atoms with van der Waals surface area (Å²) in [5, 5.41) is 3.14. The molecule has 0 bridgehead atoms. The number of benzene rings is 1. The van der Waals surface area contributed by atoms with Crippen molar-refractivity contribution in [2.24, 2.45) is 0 Å². The minimum Gasteiger partial charge on any atom is -0.347 e. The molecule has 0 unspecified atom stereocenters. The van der Waals surface area contributed by atoms with Crippen LogP contribution in [0, 0.1) is 6.92 Å². The number of imidazole rings is 1. The minimum absolute atomic E-state index is 0.0459. The summed E-state index contributed by atoms with van der Waals surface area (Å²) in [6.45, 7) is 5.03. The van der Waals surface area contributed by atoms with Crippen LogP contribution >= 0.6 is 0 Å². The zero-order valence-corrected chi connectivity index (χ0v) is 14.6. The van der Waals surface area contributed by atoms with Gasteiger partial charge in [-0.2, -0.15) is 0 Å². The fraction of sp³-hybridized carbons (Fsp3) is 0.421. The lowest BCUT2D eigenvalue weighted by molar-refractivity contribution is -0.116. The first-order valence-electron chi connectivity index (χ1n) is 8.76. The lowest BCUT2D eigenvalue weighted by Gasteiger charge is -2.24. The number of amides is 2. The standard InChI is InChI=1S/C19H22N4O2/c1-12-10-22-11-16(4-6-18(22)20-12)21-19(25)15-3-5-17-14(9-15)7-8-23(17)13(2)24/h3,5,9-10,16H,4,6-8,11H2,1-2H3,(H,21,25)/t16-/m0/s1. The normalized spacial score (nSPS) is 18.6. The molecule has 2 aliphatic heterocycles. The number of anilines is 1. The van der Waals surface area contributed by atoms with Crippen molar-refractivity contribution >= 4 is 17.5 Å².